The fourth-order valence-corrected chi connectivity index (χ4v) is 3.08. The molecule has 3 N–H and O–H groups in total. The Kier molecular flexibility index (Phi) is 4.31. The number of H-pyrrole nitrogens is 1. The Labute approximate surface area is 145 Å². The number of hydrogen-bond acceptors (Lipinski definition) is 4. The van der Waals surface area contributed by atoms with E-state index in [1.54, 1.807) is 0 Å². The molecule has 5 nitrogen and oxygen atoms in total. The fraction of sp³-hybridized carbons (Fsp3) is 0.200. The van der Waals surface area contributed by atoms with Crippen LogP contribution in [0.3, 0.4) is 0 Å². The third-order valence-corrected chi connectivity index (χ3v) is 4.32. The summed E-state index contributed by atoms with van der Waals surface area (Å²) >= 11 is 0. The van der Waals surface area contributed by atoms with Gasteiger partial charge in [-0.25, -0.2) is 0 Å². The van der Waals surface area contributed by atoms with Gasteiger partial charge in [-0.3, -0.25) is 0 Å². The Morgan fingerprint density at radius 1 is 1.00 bits per heavy atom. The highest BCUT2D eigenvalue weighted by Crippen LogP contribution is 2.21. The van der Waals surface area contributed by atoms with Crippen molar-refractivity contribution in [3.63, 3.8) is 0 Å². The van der Waals surface area contributed by atoms with E-state index in [1.807, 2.05) is 24.4 Å². The van der Waals surface area contributed by atoms with Gasteiger partial charge in [0.05, 0.1) is 6.42 Å². The largest absolute Gasteiger partial charge is 0.361 e. The maximum atomic E-state index is 5.69. The quantitative estimate of drug-likeness (QED) is 0.568. The van der Waals surface area contributed by atoms with Gasteiger partial charge < -0.3 is 15.2 Å². The molecule has 4 aromatic rings. The first-order valence-corrected chi connectivity index (χ1v) is 8.46. The van der Waals surface area contributed by atoms with Crippen molar-refractivity contribution in [3.8, 4) is 0 Å². The predicted octanol–water partition coefficient (Wildman–Crippen LogP) is 3.23. The van der Waals surface area contributed by atoms with Gasteiger partial charge in [-0.1, -0.05) is 41.6 Å². The minimum absolute atomic E-state index is 0.644. The topological polar surface area (TPSA) is 80.7 Å². The Morgan fingerprint density at radius 2 is 1.88 bits per heavy atom. The maximum absolute atomic E-state index is 5.69. The Bertz CT molecular complexity index is 972. The number of rotatable bonds is 6. The molecular weight excluding hydrogens is 312 g/mol. The number of nitrogens with two attached hydrogens (primary N) is 1. The van der Waals surface area contributed by atoms with Crippen molar-refractivity contribution >= 4 is 10.9 Å². The molecule has 0 aliphatic carbocycles. The van der Waals surface area contributed by atoms with Crippen molar-refractivity contribution in [1.29, 1.82) is 0 Å². The van der Waals surface area contributed by atoms with E-state index in [4.69, 9.17) is 10.3 Å². The first-order chi connectivity index (χ1) is 12.3. The normalized spacial score (nSPS) is 11.2. The molecule has 0 spiro atoms. The second-order valence-corrected chi connectivity index (χ2v) is 6.18. The van der Waals surface area contributed by atoms with Crippen molar-refractivity contribution in [3.05, 3.63) is 83.1 Å². The summed E-state index contributed by atoms with van der Waals surface area (Å²) in [5, 5.41) is 5.34. The van der Waals surface area contributed by atoms with E-state index in [1.165, 1.54) is 10.9 Å². The first kappa shape index (κ1) is 15.6. The average Bonchev–Trinajstić information content (AvgIpc) is 3.23. The maximum Gasteiger partial charge on any atom is 0.231 e. The summed E-state index contributed by atoms with van der Waals surface area (Å²) in [6, 6.07) is 16.5. The number of hydrogen-bond donors (Lipinski definition) is 2. The van der Waals surface area contributed by atoms with Gasteiger partial charge in [0.15, 0.2) is 5.82 Å². The van der Waals surface area contributed by atoms with Crippen LogP contribution >= 0.6 is 0 Å². The molecule has 0 unspecified atom stereocenters. The highest BCUT2D eigenvalue weighted by atomic mass is 16.5. The van der Waals surface area contributed by atoms with Crippen LogP contribution < -0.4 is 5.73 Å². The molecule has 0 atom stereocenters. The fourth-order valence-electron chi connectivity index (χ4n) is 3.08. The summed E-state index contributed by atoms with van der Waals surface area (Å²) in [5.41, 5.74) is 10.4. The van der Waals surface area contributed by atoms with Crippen molar-refractivity contribution in [2.75, 3.05) is 6.54 Å². The van der Waals surface area contributed by atoms with Crippen LogP contribution in [0.5, 0.6) is 0 Å². The standard InChI is InChI=1S/C20H20N4O/c21-9-8-16-13-22-18-7-6-15(10-17(16)18)11-19-23-20(25-24-19)12-14-4-2-1-3-5-14/h1-7,10,13,22H,8-9,11-12,21H2. The highest BCUT2D eigenvalue weighted by Gasteiger charge is 2.10. The number of aromatic nitrogens is 3. The van der Waals surface area contributed by atoms with Crippen LogP contribution in [0.1, 0.15) is 28.4 Å². The zero-order valence-corrected chi connectivity index (χ0v) is 13.9. The van der Waals surface area contributed by atoms with Crippen molar-refractivity contribution in [2.24, 2.45) is 5.73 Å². The van der Waals surface area contributed by atoms with E-state index >= 15 is 0 Å². The molecule has 2 heterocycles. The Hall–Kier alpha value is -2.92. The molecule has 2 aromatic carbocycles. The Balaban J connectivity index is 1.52. The zero-order chi connectivity index (χ0) is 17.1. The number of fused-ring (bicyclic) bond motifs is 1. The van der Waals surface area contributed by atoms with Crippen LogP contribution in [0, 0.1) is 0 Å². The highest BCUT2D eigenvalue weighted by molar-refractivity contribution is 5.84. The van der Waals surface area contributed by atoms with Gasteiger partial charge in [0.25, 0.3) is 0 Å². The van der Waals surface area contributed by atoms with Gasteiger partial charge in [-0.05, 0) is 41.8 Å². The third kappa shape index (κ3) is 3.46. The lowest BCUT2D eigenvalue weighted by atomic mass is 10.1. The molecule has 0 aliphatic heterocycles. The van der Waals surface area contributed by atoms with Gasteiger partial charge in [-0.15, -0.1) is 0 Å². The van der Waals surface area contributed by atoms with Gasteiger partial charge in [0, 0.05) is 23.5 Å². The molecule has 5 heteroatoms. The smallest absolute Gasteiger partial charge is 0.231 e. The molecular formula is C20H20N4O. The summed E-state index contributed by atoms with van der Waals surface area (Å²) in [7, 11) is 0. The van der Waals surface area contributed by atoms with Gasteiger partial charge in [-0.2, -0.15) is 4.98 Å². The monoisotopic (exact) mass is 332 g/mol. The van der Waals surface area contributed by atoms with Crippen LogP contribution in [-0.2, 0) is 19.3 Å². The Morgan fingerprint density at radius 3 is 2.72 bits per heavy atom. The summed E-state index contributed by atoms with van der Waals surface area (Å²) in [6.45, 7) is 0.644. The second kappa shape index (κ2) is 6.91. The molecule has 4 rings (SSSR count). The van der Waals surface area contributed by atoms with Gasteiger partial charge in [0.1, 0.15) is 0 Å². The molecule has 0 amide bonds. The molecule has 0 radical (unpaired) electrons. The number of aromatic amines is 1. The third-order valence-electron chi connectivity index (χ3n) is 4.32. The minimum atomic E-state index is 0.644. The lowest BCUT2D eigenvalue weighted by molar-refractivity contribution is 0.380. The van der Waals surface area contributed by atoms with Crippen molar-refractivity contribution < 1.29 is 4.52 Å². The van der Waals surface area contributed by atoms with E-state index in [-0.39, 0.29) is 0 Å². The van der Waals surface area contributed by atoms with Crippen LogP contribution in [0.15, 0.2) is 59.3 Å². The van der Waals surface area contributed by atoms with E-state index in [2.05, 4.69) is 45.5 Å². The van der Waals surface area contributed by atoms with Crippen LogP contribution in [0.25, 0.3) is 10.9 Å². The molecule has 0 bridgehead atoms. The number of nitrogens with one attached hydrogen (secondary N) is 1. The summed E-state index contributed by atoms with van der Waals surface area (Å²) < 4.78 is 5.39. The van der Waals surface area contributed by atoms with Crippen LogP contribution in [0.4, 0.5) is 0 Å². The predicted molar refractivity (Wildman–Crippen MR) is 97.4 cm³/mol. The summed E-state index contributed by atoms with van der Waals surface area (Å²) in [4.78, 5) is 7.81. The second-order valence-electron chi connectivity index (χ2n) is 6.18. The van der Waals surface area contributed by atoms with Crippen molar-refractivity contribution in [2.45, 2.75) is 19.3 Å². The SMILES string of the molecule is NCCc1c[nH]c2ccc(Cc3noc(Cc4ccccc4)n3)cc12. The van der Waals surface area contributed by atoms with E-state index < -0.39 is 0 Å². The first-order valence-electron chi connectivity index (χ1n) is 8.46. The minimum Gasteiger partial charge on any atom is -0.361 e. The average molecular weight is 332 g/mol. The molecule has 0 saturated carbocycles. The molecule has 126 valence electrons. The van der Waals surface area contributed by atoms with E-state index in [0.29, 0.717) is 31.1 Å². The van der Waals surface area contributed by atoms with Gasteiger partial charge in [0.2, 0.25) is 5.89 Å². The lowest BCUT2D eigenvalue weighted by Crippen LogP contribution is -2.02. The molecule has 25 heavy (non-hydrogen) atoms. The van der Waals surface area contributed by atoms with Gasteiger partial charge >= 0.3 is 0 Å². The number of nitrogens with zero attached hydrogens (tertiary/aromatic N) is 2. The van der Waals surface area contributed by atoms with Crippen molar-refractivity contribution in [1.82, 2.24) is 15.1 Å². The number of benzene rings is 2. The molecule has 0 fully saturated rings. The summed E-state index contributed by atoms with van der Waals surface area (Å²) in [5.74, 6) is 1.36. The van der Waals surface area contributed by atoms with Crippen LogP contribution in [0.2, 0.25) is 0 Å². The van der Waals surface area contributed by atoms with Crippen LogP contribution in [-0.4, -0.2) is 21.7 Å². The van der Waals surface area contributed by atoms with E-state index in [9.17, 15) is 0 Å². The molecule has 2 aromatic heterocycles. The zero-order valence-electron chi connectivity index (χ0n) is 13.9. The van der Waals surface area contributed by atoms with E-state index in [0.717, 1.165) is 23.1 Å². The summed E-state index contributed by atoms with van der Waals surface area (Å²) in [6.07, 6.45) is 4.22. The lowest BCUT2D eigenvalue weighted by Gasteiger charge is -2.00. The molecule has 0 saturated heterocycles. The molecule has 0 aliphatic rings.